The molecule has 4 aliphatic rings. The lowest BCUT2D eigenvalue weighted by Gasteiger charge is -2.57. The number of rotatable bonds is 6. The van der Waals surface area contributed by atoms with Gasteiger partial charge in [0.2, 0.25) is 11.8 Å². The second-order valence-electron chi connectivity index (χ2n) is 10.6. The van der Waals surface area contributed by atoms with E-state index in [1.165, 1.54) is 24.8 Å². The van der Waals surface area contributed by atoms with E-state index in [1.807, 2.05) is 32.7 Å². The second-order valence-corrected chi connectivity index (χ2v) is 10.6. The number of aryl methyl sites for hydroxylation is 3. The van der Waals surface area contributed by atoms with E-state index in [2.05, 4.69) is 29.7 Å². The van der Waals surface area contributed by atoms with E-state index in [1.54, 1.807) is 0 Å². The van der Waals surface area contributed by atoms with Gasteiger partial charge in [-0.3, -0.25) is 14.5 Å². The molecule has 2 N–H and O–H groups in total. The molecule has 5 nitrogen and oxygen atoms in total. The first-order valence-electron chi connectivity index (χ1n) is 11.5. The van der Waals surface area contributed by atoms with Gasteiger partial charge in [-0.25, -0.2) is 0 Å². The highest BCUT2D eigenvalue weighted by atomic mass is 16.2. The molecule has 1 aromatic carbocycles. The van der Waals surface area contributed by atoms with Gasteiger partial charge in [-0.2, -0.15) is 0 Å². The van der Waals surface area contributed by atoms with E-state index < -0.39 is 0 Å². The number of carbonyl (C=O) groups excluding carboxylic acids is 2. The highest BCUT2D eigenvalue weighted by Crippen LogP contribution is 2.55. The number of hydrogen-bond acceptors (Lipinski definition) is 3. The number of benzene rings is 1. The molecule has 0 unspecified atom stereocenters. The average molecular weight is 412 g/mol. The van der Waals surface area contributed by atoms with Crippen LogP contribution in [0.1, 0.15) is 62.1 Å². The van der Waals surface area contributed by atoms with Gasteiger partial charge in [-0.15, -0.1) is 0 Å². The molecule has 0 aromatic heterocycles. The number of likely N-dealkylation sites (N-methyl/N-ethyl adjacent to an activating group) is 1. The van der Waals surface area contributed by atoms with Crippen molar-refractivity contribution in [3.8, 4) is 0 Å². The molecule has 0 aliphatic heterocycles. The van der Waals surface area contributed by atoms with Crippen LogP contribution in [0.25, 0.3) is 0 Å². The van der Waals surface area contributed by atoms with E-state index in [4.69, 9.17) is 0 Å². The predicted octanol–water partition coefficient (Wildman–Crippen LogP) is 3.96. The molecular formula is C25H37N3O2. The molecule has 0 heterocycles. The molecule has 30 heavy (non-hydrogen) atoms. The summed E-state index contributed by atoms with van der Waals surface area (Å²) in [5.41, 5.74) is 4.21. The first kappa shape index (κ1) is 21.4. The zero-order valence-corrected chi connectivity index (χ0v) is 19.2. The monoisotopic (exact) mass is 411 g/mol. The first-order valence-corrected chi connectivity index (χ1v) is 11.5. The minimum absolute atomic E-state index is 0.0132. The highest BCUT2D eigenvalue weighted by molar-refractivity contribution is 5.94. The van der Waals surface area contributed by atoms with Crippen molar-refractivity contribution in [3.63, 3.8) is 0 Å². The molecule has 0 spiro atoms. The first-order chi connectivity index (χ1) is 14.1. The van der Waals surface area contributed by atoms with E-state index in [-0.39, 0.29) is 29.9 Å². The van der Waals surface area contributed by atoms with Crippen molar-refractivity contribution in [2.24, 2.45) is 17.8 Å². The lowest BCUT2D eigenvalue weighted by atomic mass is 9.53. The van der Waals surface area contributed by atoms with Gasteiger partial charge in [0.25, 0.3) is 0 Å². The van der Waals surface area contributed by atoms with Gasteiger partial charge in [-0.05, 0) is 102 Å². The Kier molecular flexibility index (Phi) is 5.69. The second kappa shape index (κ2) is 7.99. The van der Waals surface area contributed by atoms with Crippen molar-refractivity contribution in [2.75, 3.05) is 18.9 Å². The van der Waals surface area contributed by atoms with Crippen molar-refractivity contribution < 1.29 is 9.59 Å². The number of carbonyl (C=O) groups is 2. The Morgan fingerprint density at radius 1 is 1.03 bits per heavy atom. The number of amides is 2. The zero-order valence-electron chi connectivity index (χ0n) is 19.2. The van der Waals surface area contributed by atoms with Crippen molar-refractivity contribution in [1.29, 1.82) is 0 Å². The highest BCUT2D eigenvalue weighted by Gasteiger charge is 2.51. The fourth-order valence-corrected chi connectivity index (χ4v) is 6.75. The third-order valence-corrected chi connectivity index (χ3v) is 7.80. The standard InChI is InChI=1S/C25H37N3O2/c1-15-6-16(2)23(17(3)7-15)26-22(29)14-28(5)18(4)24(30)27-25-11-19-8-20(12-25)10-21(9-19)13-25/h6-7,18-21H,8-14H2,1-5H3,(H,26,29)(H,27,30)/t18-,19?,20?,21?,25?/m0/s1. The molecule has 4 fully saturated rings. The number of anilines is 1. The van der Waals surface area contributed by atoms with E-state index in [0.717, 1.165) is 53.8 Å². The molecule has 4 aliphatic carbocycles. The van der Waals surface area contributed by atoms with Crippen LogP contribution < -0.4 is 10.6 Å². The van der Waals surface area contributed by atoms with Gasteiger partial charge in [0, 0.05) is 11.2 Å². The van der Waals surface area contributed by atoms with Crippen LogP contribution in [-0.4, -0.2) is 41.9 Å². The van der Waals surface area contributed by atoms with Gasteiger partial charge in [0.05, 0.1) is 12.6 Å². The summed E-state index contributed by atoms with van der Waals surface area (Å²) < 4.78 is 0. The lowest BCUT2D eigenvalue weighted by Crippen LogP contribution is -2.62. The van der Waals surface area contributed by atoms with E-state index in [0.29, 0.717) is 0 Å². The minimum atomic E-state index is -0.330. The van der Waals surface area contributed by atoms with Crippen molar-refractivity contribution in [2.45, 2.75) is 77.8 Å². The summed E-state index contributed by atoms with van der Waals surface area (Å²) in [6.07, 6.45) is 7.53. The summed E-state index contributed by atoms with van der Waals surface area (Å²) in [5.74, 6) is 2.39. The van der Waals surface area contributed by atoms with Crippen molar-refractivity contribution >= 4 is 17.5 Å². The molecule has 4 bridgehead atoms. The summed E-state index contributed by atoms with van der Waals surface area (Å²) in [4.78, 5) is 27.6. The Morgan fingerprint density at radius 2 is 1.53 bits per heavy atom. The van der Waals surface area contributed by atoms with Crippen LogP contribution in [0.3, 0.4) is 0 Å². The van der Waals surface area contributed by atoms with Crippen LogP contribution in [0.5, 0.6) is 0 Å². The molecule has 5 heteroatoms. The van der Waals surface area contributed by atoms with Gasteiger partial charge >= 0.3 is 0 Å². The molecular weight excluding hydrogens is 374 g/mol. The third kappa shape index (κ3) is 4.27. The average Bonchev–Trinajstić information content (AvgIpc) is 2.62. The molecule has 1 atom stereocenters. The number of nitrogens with zero attached hydrogens (tertiary/aromatic N) is 1. The summed E-state index contributed by atoms with van der Waals surface area (Å²) in [5, 5.41) is 6.48. The number of hydrogen-bond donors (Lipinski definition) is 2. The zero-order chi connectivity index (χ0) is 21.6. The summed E-state index contributed by atoms with van der Waals surface area (Å²) in [6, 6.07) is 3.82. The Labute approximate surface area is 181 Å². The Balaban J connectivity index is 1.34. The summed E-state index contributed by atoms with van der Waals surface area (Å²) in [7, 11) is 1.86. The van der Waals surface area contributed by atoms with Crippen LogP contribution in [-0.2, 0) is 9.59 Å². The maximum absolute atomic E-state index is 13.1. The SMILES string of the molecule is Cc1cc(C)c(NC(=O)CN(C)[C@@H](C)C(=O)NC23CC4CC(CC(C4)C2)C3)c(C)c1. The largest absolute Gasteiger partial charge is 0.349 e. The van der Waals surface area contributed by atoms with Crippen LogP contribution in [0.2, 0.25) is 0 Å². The number of nitrogens with one attached hydrogen (secondary N) is 2. The quantitative estimate of drug-likeness (QED) is 0.745. The molecule has 0 saturated heterocycles. The lowest BCUT2D eigenvalue weighted by molar-refractivity contribution is -0.131. The topological polar surface area (TPSA) is 61.4 Å². The molecule has 2 amide bonds. The Morgan fingerprint density at radius 3 is 2.03 bits per heavy atom. The molecule has 4 saturated carbocycles. The van der Waals surface area contributed by atoms with Crippen LogP contribution in [0.4, 0.5) is 5.69 Å². The Hall–Kier alpha value is -1.88. The van der Waals surface area contributed by atoms with Crippen LogP contribution in [0.15, 0.2) is 12.1 Å². The van der Waals surface area contributed by atoms with Crippen molar-refractivity contribution in [1.82, 2.24) is 10.2 Å². The predicted molar refractivity (Wildman–Crippen MR) is 120 cm³/mol. The van der Waals surface area contributed by atoms with Gasteiger partial charge in [0.1, 0.15) is 0 Å². The van der Waals surface area contributed by atoms with Gasteiger partial charge in [0.15, 0.2) is 0 Å². The van der Waals surface area contributed by atoms with Gasteiger partial charge < -0.3 is 10.6 Å². The third-order valence-electron chi connectivity index (χ3n) is 7.80. The maximum Gasteiger partial charge on any atom is 0.238 e. The van der Waals surface area contributed by atoms with E-state index >= 15 is 0 Å². The Bertz CT molecular complexity index is 789. The summed E-state index contributed by atoms with van der Waals surface area (Å²) >= 11 is 0. The minimum Gasteiger partial charge on any atom is -0.349 e. The van der Waals surface area contributed by atoms with Gasteiger partial charge in [-0.1, -0.05) is 17.7 Å². The fraction of sp³-hybridized carbons (Fsp3) is 0.680. The summed E-state index contributed by atoms with van der Waals surface area (Å²) in [6.45, 7) is 8.19. The molecule has 1 aromatic rings. The maximum atomic E-state index is 13.1. The normalized spacial score (nSPS) is 30.4. The molecule has 5 rings (SSSR count). The smallest absolute Gasteiger partial charge is 0.238 e. The van der Waals surface area contributed by atoms with Crippen LogP contribution in [0, 0.1) is 38.5 Å². The van der Waals surface area contributed by atoms with Crippen LogP contribution >= 0.6 is 0 Å². The molecule has 164 valence electrons. The van der Waals surface area contributed by atoms with Crippen molar-refractivity contribution in [3.05, 3.63) is 28.8 Å². The van der Waals surface area contributed by atoms with E-state index in [9.17, 15) is 9.59 Å². The fourth-order valence-electron chi connectivity index (χ4n) is 6.75. The molecule has 0 radical (unpaired) electrons.